The molecular weight excluding hydrogens is 286 g/mol. The van der Waals surface area contributed by atoms with E-state index in [2.05, 4.69) is 15.6 Å². The molecule has 1 heterocycles. The molecule has 5 nitrogen and oxygen atoms in total. The summed E-state index contributed by atoms with van der Waals surface area (Å²) in [7, 11) is 0. The van der Waals surface area contributed by atoms with Gasteiger partial charge in [0.1, 0.15) is 11.6 Å². The normalized spacial score (nSPS) is 9.76. The van der Waals surface area contributed by atoms with Gasteiger partial charge < -0.3 is 10.1 Å². The van der Waals surface area contributed by atoms with Crippen molar-refractivity contribution < 1.29 is 9.53 Å². The predicted molar refractivity (Wildman–Crippen MR) is 85.3 cm³/mol. The standard InChI is InChI=1S/C15H15N3O2S/c1-11-5-4-6-12(9-11)20-10-14(19)18-15(21)17-13-7-2-3-8-16-13/h2-9H,10H2,1H3,(H2,16,17,18,19,21). The van der Waals surface area contributed by atoms with Crippen molar-refractivity contribution in [2.75, 3.05) is 11.9 Å². The highest BCUT2D eigenvalue weighted by molar-refractivity contribution is 7.80. The highest BCUT2D eigenvalue weighted by atomic mass is 32.1. The summed E-state index contributed by atoms with van der Waals surface area (Å²) in [6.45, 7) is 1.85. The van der Waals surface area contributed by atoms with E-state index >= 15 is 0 Å². The van der Waals surface area contributed by atoms with Crippen LogP contribution in [-0.4, -0.2) is 22.6 Å². The first-order chi connectivity index (χ1) is 10.1. The zero-order chi connectivity index (χ0) is 15.1. The molecule has 0 aliphatic rings. The number of hydrogen-bond donors (Lipinski definition) is 2. The highest BCUT2D eigenvalue weighted by Crippen LogP contribution is 2.11. The second-order valence-electron chi connectivity index (χ2n) is 4.32. The van der Waals surface area contributed by atoms with E-state index in [4.69, 9.17) is 17.0 Å². The SMILES string of the molecule is Cc1cccc(OCC(=O)NC(=S)Nc2ccccn2)c1. The third kappa shape index (κ3) is 5.19. The Balaban J connectivity index is 1.78. The number of amides is 1. The predicted octanol–water partition coefficient (Wildman–Crippen LogP) is 2.28. The summed E-state index contributed by atoms with van der Waals surface area (Å²) in [5.41, 5.74) is 1.07. The summed E-state index contributed by atoms with van der Waals surface area (Å²) >= 11 is 5.03. The number of pyridine rings is 1. The van der Waals surface area contributed by atoms with Crippen LogP contribution in [0.3, 0.4) is 0 Å². The largest absolute Gasteiger partial charge is 0.484 e. The van der Waals surface area contributed by atoms with Gasteiger partial charge in [-0.2, -0.15) is 0 Å². The minimum Gasteiger partial charge on any atom is -0.484 e. The molecule has 0 saturated carbocycles. The maximum atomic E-state index is 11.7. The molecule has 0 fully saturated rings. The van der Waals surface area contributed by atoms with Gasteiger partial charge in [-0.1, -0.05) is 18.2 Å². The third-order valence-corrected chi connectivity index (χ3v) is 2.72. The van der Waals surface area contributed by atoms with Crippen LogP contribution in [-0.2, 0) is 4.79 Å². The molecule has 0 aliphatic heterocycles. The number of carbonyl (C=O) groups excluding carboxylic acids is 1. The van der Waals surface area contributed by atoms with E-state index < -0.39 is 0 Å². The Kier molecular flexibility index (Phi) is 5.22. The summed E-state index contributed by atoms with van der Waals surface area (Å²) in [5, 5.41) is 5.53. The fourth-order valence-corrected chi connectivity index (χ4v) is 1.82. The topological polar surface area (TPSA) is 63.2 Å². The molecule has 2 aromatic rings. The van der Waals surface area contributed by atoms with Crippen LogP contribution in [0.15, 0.2) is 48.7 Å². The first-order valence-corrected chi connectivity index (χ1v) is 6.75. The number of benzene rings is 1. The van der Waals surface area contributed by atoms with Gasteiger partial charge in [-0.25, -0.2) is 4.98 Å². The van der Waals surface area contributed by atoms with E-state index in [9.17, 15) is 4.79 Å². The highest BCUT2D eigenvalue weighted by Gasteiger charge is 2.06. The number of anilines is 1. The van der Waals surface area contributed by atoms with E-state index in [0.717, 1.165) is 5.56 Å². The number of carbonyl (C=O) groups is 1. The number of aryl methyl sites for hydroxylation is 1. The molecule has 1 aromatic heterocycles. The second-order valence-corrected chi connectivity index (χ2v) is 4.73. The minimum atomic E-state index is -0.329. The average molecular weight is 301 g/mol. The van der Waals surface area contributed by atoms with Gasteiger partial charge >= 0.3 is 0 Å². The molecule has 108 valence electrons. The van der Waals surface area contributed by atoms with Crippen LogP contribution >= 0.6 is 12.2 Å². The summed E-state index contributed by atoms with van der Waals surface area (Å²) in [6, 6.07) is 12.8. The molecule has 0 unspecified atom stereocenters. The quantitative estimate of drug-likeness (QED) is 0.848. The van der Waals surface area contributed by atoms with Crippen LogP contribution in [0.5, 0.6) is 5.75 Å². The maximum Gasteiger partial charge on any atom is 0.264 e. The van der Waals surface area contributed by atoms with Gasteiger partial charge in [0.05, 0.1) is 0 Å². The number of nitrogens with one attached hydrogen (secondary N) is 2. The lowest BCUT2D eigenvalue weighted by atomic mass is 10.2. The molecule has 0 spiro atoms. The molecule has 2 N–H and O–H groups in total. The molecule has 0 saturated heterocycles. The Bertz CT molecular complexity index is 632. The summed E-state index contributed by atoms with van der Waals surface area (Å²) in [4.78, 5) is 15.8. The van der Waals surface area contributed by atoms with Crippen LogP contribution in [0.2, 0.25) is 0 Å². The summed E-state index contributed by atoms with van der Waals surface area (Å²) < 4.78 is 5.38. The van der Waals surface area contributed by atoms with Gasteiger partial charge in [-0.05, 0) is 49.0 Å². The number of aromatic nitrogens is 1. The lowest BCUT2D eigenvalue weighted by molar-refractivity contribution is -0.121. The van der Waals surface area contributed by atoms with Crippen molar-refractivity contribution in [2.24, 2.45) is 0 Å². The molecule has 0 atom stereocenters. The van der Waals surface area contributed by atoms with Crippen LogP contribution in [0.25, 0.3) is 0 Å². The molecule has 0 bridgehead atoms. The monoisotopic (exact) mass is 301 g/mol. The van der Waals surface area contributed by atoms with Crippen LogP contribution in [0.4, 0.5) is 5.82 Å². The van der Waals surface area contributed by atoms with Crippen molar-refractivity contribution in [2.45, 2.75) is 6.92 Å². The van der Waals surface area contributed by atoms with E-state index in [1.54, 1.807) is 24.4 Å². The Labute approximate surface area is 128 Å². The smallest absolute Gasteiger partial charge is 0.264 e. The molecule has 1 amide bonds. The Morgan fingerprint density at radius 1 is 1.29 bits per heavy atom. The lowest BCUT2D eigenvalue weighted by Gasteiger charge is -2.10. The van der Waals surface area contributed by atoms with Gasteiger partial charge in [-0.15, -0.1) is 0 Å². The van der Waals surface area contributed by atoms with E-state index in [1.807, 2.05) is 31.2 Å². The fourth-order valence-electron chi connectivity index (χ4n) is 1.60. The average Bonchev–Trinajstić information content (AvgIpc) is 2.46. The van der Waals surface area contributed by atoms with Crippen molar-refractivity contribution in [1.82, 2.24) is 10.3 Å². The van der Waals surface area contributed by atoms with Crippen molar-refractivity contribution in [3.63, 3.8) is 0 Å². The van der Waals surface area contributed by atoms with Crippen molar-refractivity contribution >= 4 is 29.1 Å². The maximum absolute atomic E-state index is 11.7. The molecular formula is C15H15N3O2S. The Morgan fingerprint density at radius 3 is 2.86 bits per heavy atom. The van der Waals surface area contributed by atoms with Gasteiger partial charge in [0, 0.05) is 6.20 Å². The van der Waals surface area contributed by atoms with Gasteiger partial charge in [-0.3, -0.25) is 10.1 Å². The van der Waals surface area contributed by atoms with Gasteiger partial charge in [0.25, 0.3) is 5.91 Å². The number of thiocarbonyl (C=S) groups is 1. The number of rotatable bonds is 4. The van der Waals surface area contributed by atoms with Gasteiger partial charge in [0.15, 0.2) is 11.7 Å². The minimum absolute atomic E-state index is 0.104. The fraction of sp³-hybridized carbons (Fsp3) is 0.133. The number of nitrogens with zero attached hydrogens (tertiary/aromatic N) is 1. The Hall–Kier alpha value is -2.47. The van der Waals surface area contributed by atoms with E-state index in [1.165, 1.54) is 0 Å². The molecule has 0 aliphatic carbocycles. The van der Waals surface area contributed by atoms with Crippen molar-refractivity contribution in [3.8, 4) is 5.75 Å². The van der Waals surface area contributed by atoms with Crippen LogP contribution < -0.4 is 15.4 Å². The Morgan fingerprint density at radius 2 is 2.14 bits per heavy atom. The third-order valence-electron chi connectivity index (χ3n) is 2.52. The van der Waals surface area contributed by atoms with Crippen LogP contribution in [0, 0.1) is 6.92 Å². The molecule has 6 heteroatoms. The van der Waals surface area contributed by atoms with Crippen molar-refractivity contribution in [3.05, 3.63) is 54.2 Å². The lowest BCUT2D eigenvalue weighted by Crippen LogP contribution is -2.37. The van der Waals surface area contributed by atoms with Crippen molar-refractivity contribution in [1.29, 1.82) is 0 Å². The zero-order valence-corrected chi connectivity index (χ0v) is 12.3. The first kappa shape index (κ1) is 14.9. The molecule has 21 heavy (non-hydrogen) atoms. The molecule has 2 rings (SSSR count). The summed E-state index contributed by atoms with van der Waals surface area (Å²) in [5.74, 6) is 0.890. The number of ether oxygens (including phenoxy) is 1. The van der Waals surface area contributed by atoms with Gasteiger partial charge in [0.2, 0.25) is 0 Å². The summed E-state index contributed by atoms with van der Waals surface area (Å²) in [6.07, 6.45) is 1.63. The molecule has 0 radical (unpaired) electrons. The zero-order valence-electron chi connectivity index (χ0n) is 11.5. The number of hydrogen-bond acceptors (Lipinski definition) is 4. The molecule has 1 aromatic carbocycles. The van der Waals surface area contributed by atoms with Crippen LogP contribution in [0.1, 0.15) is 5.56 Å². The van der Waals surface area contributed by atoms with E-state index in [-0.39, 0.29) is 17.6 Å². The van der Waals surface area contributed by atoms with E-state index in [0.29, 0.717) is 11.6 Å². The second kappa shape index (κ2) is 7.35. The first-order valence-electron chi connectivity index (χ1n) is 6.35.